The third-order valence-corrected chi connectivity index (χ3v) is 4.35. The van der Waals surface area contributed by atoms with Crippen molar-refractivity contribution in [1.82, 2.24) is 5.32 Å². The quantitative estimate of drug-likeness (QED) is 0.875. The fourth-order valence-corrected chi connectivity index (χ4v) is 3.01. The number of hydrogen-bond acceptors (Lipinski definition) is 2. The molecule has 114 valence electrons. The smallest absolute Gasteiger partial charge is 0.306 e. The fourth-order valence-electron chi connectivity index (χ4n) is 3.01. The molecule has 4 nitrogen and oxygen atoms in total. The van der Waals surface area contributed by atoms with E-state index >= 15 is 0 Å². The van der Waals surface area contributed by atoms with Gasteiger partial charge in [-0.3, -0.25) is 9.59 Å². The van der Waals surface area contributed by atoms with Gasteiger partial charge in [-0.1, -0.05) is 30.7 Å². The average molecular weight is 289 g/mol. The summed E-state index contributed by atoms with van der Waals surface area (Å²) in [6.07, 6.45) is 3.62. The highest BCUT2D eigenvalue weighted by molar-refractivity contribution is 5.80. The molecule has 1 aromatic rings. The maximum atomic E-state index is 12.1. The lowest BCUT2D eigenvalue weighted by Gasteiger charge is -2.25. The molecule has 0 saturated heterocycles. The van der Waals surface area contributed by atoms with Crippen LogP contribution in [0.2, 0.25) is 0 Å². The number of carboxylic acid groups (broad SMARTS) is 1. The van der Waals surface area contributed by atoms with E-state index in [1.807, 2.05) is 12.1 Å². The number of aliphatic carboxylic acids is 1. The van der Waals surface area contributed by atoms with E-state index in [1.54, 1.807) is 0 Å². The van der Waals surface area contributed by atoms with Crippen molar-refractivity contribution < 1.29 is 14.7 Å². The van der Waals surface area contributed by atoms with Crippen LogP contribution in [-0.4, -0.2) is 23.5 Å². The van der Waals surface area contributed by atoms with Crippen molar-refractivity contribution in [3.05, 3.63) is 35.4 Å². The molecule has 1 fully saturated rings. The van der Waals surface area contributed by atoms with E-state index in [0.717, 1.165) is 19.3 Å². The number of carbonyl (C=O) groups excluding carboxylic acids is 1. The minimum Gasteiger partial charge on any atom is -0.481 e. The van der Waals surface area contributed by atoms with Gasteiger partial charge in [0.1, 0.15) is 0 Å². The standard InChI is InChI=1S/C17H23NO3/c1-12-5-2-3-6-13(12)9-10-18-16(19)14-7-4-8-15(11-14)17(20)21/h2-3,5-6,14-15H,4,7-11H2,1H3,(H,18,19)(H,20,21)/t14-,15+/m0/s1. The molecule has 2 atom stereocenters. The number of amides is 1. The van der Waals surface area contributed by atoms with E-state index in [1.165, 1.54) is 11.1 Å². The molecule has 1 aliphatic rings. The number of aryl methyl sites for hydroxylation is 1. The molecule has 2 N–H and O–H groups in total. The Morgan fingerprint density at radius 2 is 1.95 bits per heavy atom. The number of rotatable bonds is 5. The summed E-state index contributed by atoms with van der Waals surface area (Å²) in [6.45, 7) is 2.67. The second kappa shape index (κ2) is 7.25. The topological polar surface area (TPSA) is 66.4 Å². The second-order valence-electron chi connectivity index (χ2n) is 5.87. The van der Waals surface area contributed by atoms with Crippen LogP contribution in [0.4, 0.5) is 0 Å². The molecular weight excluding hydrogens is 266 g/mol. The van der Waals surface area contributed by atoms with E-state index in [-0.39, 0.29) is 17.7 Å². The molecule has 1 aromatic carbocycles. The Morgan fingerprint density at radius 1 is 1.24 bits per heavy atom. The number of benzene rings is 1. The highest BCUT2D eigenvalue weighted by atomic mass is 16.4. The Bertz CT molecular complexity index is 513. The van der Waals surface area contributed by atoms with Crippen molar-refractivity contribution in [2.75, 3.05) is 6.54 Å². The van der Waals surface area contributed by atoms with Gasteiger partial charge in [0.25, 0.3) is 0 Å². The zero-order valence-electron chi connectivity index (χ0n) is 12.5. The molecule has 4 heteroatoms. The second-order valence-corrected chi connectivity index (χ2v) is 5.87. The molecule has 0 heterocycles. The van der Waals surface area contributed by atoms with Crippen LogP contribution in [0.1, 0.15) is 36.8 Å². The van der Waals surface area contributed by atoms with Crippen molar-refractivity contribution in [2.45, 2.75) is 39.0 Å². The molecule has 0 bridgehead atoms. The van der Waals surface area contributed by atoms with Crippen molar-refractivity contribution in [1.29, 1.82) is 0 Å². The largest absolute Gasteiger partial charge is 0.481 e. The van der Waals surface area contributed by atoms with Crippen molar-refractivity contribution >= 4 is 11.9 Å². The summed E-state index contributed by atoms with van der Waals surface area (Å²) in [5.41, 5.74) is 2.47. The van der Waals surface area contributed by atoms with Gasteiger partial charge in [0.15, 0.2) is 0 Å². The van der Waals surface area contributed by atoms with Gasteiger partial charge in [-0.05, 0) is 43.7 Å². The van der Waals surface area contributed by atoms with Gasteiger partial charge in [0.2, 0.25) is 5.91 Å². The minimum absolute atomic E-state index is 0.00883. The molecule has 0 unspecified atom stereocenters. The van der Waals surface area contributed by atoms with Crippen molar-refractivity contribution in [3.8, 4) is 0 Å². The van der Waals surface area contributed by atoms with Crippen LogP contribution in [-0.2, 0) is 16.0 Å². The Balaban J connectivity index is 1.79. The predicted octanol–water partition coefficient (Wildman–Crippen LogP) is 2.54. The minimum atomic E-state index is -0.771. The van der Waals surface area contributed by atoms with Gasteiger partial charge in [0, 0.05) is 12.5 Å². The summed E-state index contributed by atoms with van der Waals surface area (Å²) in [5, 5.41) is 12.0. The third-order valence-electron chi connectivity index (χ3n) is 4.35. The Hall–Kier alpha value is -1.84. The van der Waals surface area contributed by atoms with Gasteiger partial charge in [0.05, 0.1) is 5.92 Å². The van der Waals surface area contributed by atoms with Crippen LogP contribution in [0.25, 0.3) is 0 Å². The number of hydrogen-bond donors (Lipinski definition) is 2. The van der Waals surface area contributed by atoms with E-state index < -0.39 is 5.97 Å². The van der Waals surface area contributed by atoms with Gasteiger partial charge in [-0.15, -0.1) is 0 Å². The fraction of sp³-hybridized carbons (Fsp3) is 0.529. The monoisotopic (exact) mass is 289 g/mol. The first-order chi connectivity index (χ1) is 10.1. The van der Waals surface area contributed by atoms with Crippen LogP contribution >= 0.6 is 0 Å². The Kier molecular flexibility index (Phi) is 5.37. The zero-order chi connectivity index (χ0) is 15.2. The normalized spacial score (nSPS) is 21.8. The molecule has 1 saturated carbocycles. The summed E-state index contributed by atoms with van der Waals surface area (Å²) in [7, 11) is 0. The van der Waals surface area contributed by atoms with Crippen LogP contribution in [0.15, 0.2) is 24.3 Å². The van der Waals surface area contributed by atoms with Crippen molar-refractivity contribution in [2.24, 2.45) is 11.8 Å². The van der Waals surface area contributed by atoms with Gasteiger partial charge >= 0.3 is 5.97 Å². The van der Waals surface area contributed by atoms with Crippen molar-refractivity contribution in [3.63, 3.8) is 0 Å². The summed E-state index contributed by atoms with van der Waals surface area (Å²) in [6, 6.07) is 8.15. The molecule has 1 aliphatic carbocycles. The predicted molar refractivity (Wildman–Crippen MR) is 81.0 cm³/mol. The first kappa shape index (κ1) is 15.5. The molecule has 0 aromatic heterocycles. The molecule has 0 spiro atoms. The SMILES string of the molecule is Cc1ccccc1CCNC(=O)[C@H]1CCC[C@@H](C(=O)O)C1. The lowest BCUT2D eigenvalue weighted by molar-refractivity contribution is -0.144. The third kappa shape index (κ3) is 4.31. The van der Waals surface area contributed by atoms with Gasteiger partial charge in [-0.2, -0.15) is 0 Å². The summed E-state index contributed by atoms with van der Waals surface area (Å²) < 4.78 is 0. The van der Waals surface area contributed by atoms with Crippen LogP contribution in [0, 0.1) is 18.8 Å². The average Bonchev–Trinajstić information content (AvgIpc) is 2.49. The first-order valence-corrected chi connectivity index (χ1v) is 7.63. The van der Waals surface area contributed by atoms with Crippen LogP contribution in [0.3, 0.4) is 0 Å². The highest BCUT2D eigenvalue weighted by Gasteiger charge is 2.30. The van der Waals surface area contributed by atoms with Crippen LogP contribution < -0.4 is 5.32 Å². The van der Waals surface area contributed by atoms with Gasteiger partial charge < -0.3 is 10.4 Å². The highest BCUT2D eigenvalue weighted by Crippen LogP contribution is 2.29. The maximum Gasteiger partial charge on any atom is 0.306 e. The summed E-state index contributed by atoms with van der Waals surface area (Å²) >= 11 is 0. The Labute approximate surface area is 125 Å². The first-order valence-electron chi connectivity index (χ1n) is 7.63. The molecule has 0 aliphatic heterocycles. The summed E-state index contributed by atoms with van der Waals surface area (Å²) in [5.74, 6) is -1.26. The number of nitrogens with one attached hydrogen (secondary N) is 1. The van der Waals surface area contributed by atoms with E-state index in [2.05, 4.69) is 24.4 Å². The Morgan fingerprint density at radius 3 is 2.67 bits per heavy atom. The van der Waals surface area contributed by atoms with Gasteiger partial charge in [-0.25, -0.2) is 0 Å². The summed E-state index contributed by atoms with van der Waals surface area (Å²) in [4.78, 5) is 23.2. The molecule has 2 rings (SSSR count). The zero-order valence-corrected chi connectivity index (χ0v) is 12.5. The van der Waals surface area contributed by atoms with E-state index in [9.17, 15) is 9.59 Å². The molecule has 21 heavy (non-hydrogen) atoms. The molecular formula is C17H23NO3. The number of carboxylic acids is 1. The lowest BCUT2D eigenvalue weighted by Crippen LogP contribution is -2.36. The lowest BCUT2D eigenvalue weighted by atomic mass is 9.81. The van der Waals surface area contributed by atoms with E-state index in [0.29, 0.717) is 19.4 Å². The van der Waals surface area contributed by atoms with E-state index in [4.69, 9.17) is 5.11 Å². The molecule has 0 radical (unpaired) electrons. The molecule has 1 amide bonds. The maximum absolute atomic E-state index is 12.1. The number of carbonyl (C=O) groups is 2. The van der Waals surface area contributed by atoms with Crippen LogP contribution in [0.5, 0.6) is 0 Å².